The number of hydrogen-bond acceptors (Lipinski definition) is 0. The number of allylic oxidation sites excluding steroid dienone is 3. The van der Waals surface area contributed by atoms with E-state index in [2.05, 4.69) is 71.4 Å². The van der Waals surface area contributed by atoms with Gasteiger partial charge in [0.05, 0.1) is 0 Å². The zero-order chi connectivity index (χ0) is 13.1. The molecule has 0 bridgehead atoms. The lowest BCUT2D eigenvalue weighted by atomic mass is 10.1. The fraction of sp³-hybridized carbons (Fsp3) is 0.412. The van der Waals surface area contributed by atoms with Gasteiger partial charge in [-0.05, 0) is 30.4 Å². The van der Waals surface area contributed by atoms with Crippen molar-refractivity contribution in [2.24, 2.45) is 0 Å². The standard InChI is InChI=1S/C17H23Br/c1-2-3-4-5-6-7-9-16-11-13-17(14-12-16)10-8-15-18/h6-8,10-14H,2-5,9,15H2,1H3/b7-6+,10-8+. The van der Waals surface area contributed by atoms with E-state index in [4.69, 9.17) is 0 Å². The number of halogens is 1. The van der Waals surface area contributed by atoms with E-state index in [1.165, 1.54) is 36.8 Å². The van der Waals surface area contributed by atoms with E-state index in [9.17, 15) is 0 Å². The van der Waals surface area contributed by atoms with Crippen LogP contribution in [0.4, 0.5) is 0 Å². The molecule has 18 heavy (non-hydrogen) atoms. The molecule has 1 aromatic rings. The number of benzene rings is 1. The normalized spacial score (nSPS) is 11.7. The molecule has 0 fully saturated rings. The van der Waals surface area contributed by atoms with E-state index in [0.29, 0.717) is 0 Å². The van der Waals surface area contributed by atoms with Crippen molar-refractivity contribution in [3.8, 4) is 0 Å². The van der Waals surface area contributed by atoms with Crippen LogP contribution in [-0.4, -0.2) is 5.33 Å². The lowest BCUT2D eigenvalue weighted by Gasteiger charge is -1.98. The predicted molar refractivity (Wildman–Crippen MR) is 86.3 cm³/mol. The summed E-state index contributed by atoms with van der Waals surface area (Å²) < 4.78 is 0. The second-order valence-corrected chi connectivity index (χ2v) is 5.12. The lowest BCUT2D eigenvalue weighted by molar-refractivity contribution is 0.728. The molecule has 0 aliphatic heterocycles. The second-order valence-electron chi connectivity index (χ2n) is 4.47. The molecule has 0 atom stereocenters. The van der Waals surface area contributed by atoms with Crippen LogP contribution in [0.25, 0.3) is 6.08 Å². The second kappa shape index (κ2) is 10.1. The number of unbranched alkanes of at least 4 members (excludes halogenated alkanes) is 3. The van der Waals surface area contributed by atoms with Gasteiger partial charge in [-0.2, -0.15) is 0 Å². The molecule has 1 heteroatoms. The molecular weight excluding hydrogens is 284 g/mol. The van der Waals surface area contributed by atoms with Gasteiger partial charge in [-0.1, -0.05) is 84.3 Å². The van der Waals surface area contributed by atoms with E-state index in [1.54, 1.807) is 0 Å². The molecule has 0 heterocycles. The van der Waals surface area contributed by atoms with Crippen LogP contribution in [0.3, 0.4) is 0 Å². The van der Waals surface area contributed by atoms with Gasteiger partial charge in [0.15, 0.2) is 0 Å². The van der Waals surface area contributed by atoms with Crippen molar-refractivity contribution in [2.45, 2.75) is 39.0 Å². The maximum absolute atomic E-state index is 3.39. The van der Waals surface area contributed by atoms with Crippen LogP contribution in [0.15, 0.2) is 42.5 Å². The maximum atomic E-state index is 3.39. The van der Waals surface area contributed by atoms with Crippen molar-refractivity contribution in [3.63, 3.8) is 0 Å². The van der Waals surface area contributed by atoms with Crippen LogP contribution in [0.1, 0.15) is 43.7 Å². The third-order valence-electron chi connectivity index (χ3n) is 2.87. The molecule has 1 rings (SSSR count). The molecule has 0 unspecified atom stereocenters. The Bertz CT molecular complexity index is 360. The summed E-state index contributed by atoms with van der Waals surface area (Å²) in [5.74, 6) is 0. The van der Waals surface area contributed by atoms with Crippen LogP contribution in [-0.2, 0) is 6.42 Å². The summed E-state index contributed by atoms with van der Waals surface area (Å²) in [6, 6.07) is 8.79. The molecule has 0 spiro atoms. The molecule has 0 N–H and O–H groups in total. The van der Waals surface area contributed by atoms with Crippen molar-refractivity contribution in [2.75, 3.05) is 5.33 Å². The molecular formula is C17H23Br. The minimum atomic E-state index is 0.912. The summed E-state index contributed by atoms with van der Waals surface area (Å²) in [7, 11) is 0. The van der Waals surface area contributed by atoms with Crippen molar-refractivity contribution in [1.82, 2.24) is 0 Å². The highest BCUT2D eigenvalue weighted by Gasteiger charge is 1.90. The molecule has 0 saturated heterocycles. The van der Waals surface area contributed by atoms with Gasteiger partial charge in [0.2, 0.25) is 0 Å². The fourth-order valence-electron chi connectivity index (χ4n) is 1.79. The Hall–Kier alpha value is -0.820. The molecule has 0 amide bonds. The molecule has 98 valence electrons. The molecule has 0 nitrogen and oxygen atoms in total. The maximum Gasteiger partial charge on any atom is 0.0215 e. The van der Waals surface area contributed by atoms with E-state index < -0.39 is 0 Å². The molecule has 0 aliphatic rings. The third-order valence-corrected chi connectivity index (χ3v) is 3.25. The zero-order valence-corrected chi connectivity index (χ0v) is 12.8. The van der Waals surface area contributed by atoms with E-state index in [-0.39, 0.29) is 0 Å². The fourth-order valence-corrected chi connectivity index (χ4v) is 1.98. The van der Waals surface area contributed by atoms with E-state index in [0.717, 1.165) is 11.8 Å². The van der Waals surface area contributed by atoms with Gasteiger partial charge in [-0.15, -0.1) is 0 Å². The number of hydrogen-bond donors (Lipinski definition) is 0. The van der Waals surface area contributed by atoms with Gasteiger partial charge < -0.3 is 0 Å². The van der Waals surface area contributed by atoms with Crippen LogP contribution in [0, 0.1) is 0 Å². The molecule has 0 aromatic heterocycles. The summed E-state index contributed by atoms with van der Waals surface area (Å²) in [4.78, 5) is 0. The van der Waals surface area contributed by atoms with Gasteiger partial charge in [0, 0.05) is 5.33 Å². The first kappa shape index (κ1) is 15.2. The van der Waals surface area contributed by atoms with Crippen molar-refractivity contribution in [1.29, 1.82) is 0 Å². The van der Waals surface area contributed by atoms with E-state index >= 15 is 0 Å². The third kappa shape index (κ3) is 6.80. The van der Waals surface area contributed by atoms with Gasteiger partial charge in [0.25, 0.3) is 0 Å². The Morgan fingerprint density at radius 1 is 1.00 bits per heavy atom. The Labute approximate surface area is 120 Å². The van der Waals surface area contributed by atoms with Crippen molar-refractivity contribution >= 4 is 22.0 Å². The largest absolute Gasteiger partial charge is 0.0883 e. The van der Waals surface area contributed by atoms with E-state index in [1.807, 2.05) is 0 Å². The Kier molecular flexibility index (Phi) is 8.58. The van der Waals surface area contributed by atoms with Crippen molar-refractivity contribution < 1.29 is 0 Å². The average Bonchev–Trinajstić information content (AvgIpc) is 2.42. The van der Waals surface area contributed by atoms with Crippen LogP contribution < -0.4 is 0 Å². The number of alkyl halides is 1. The SMILES string of the molecule is CCCCC/C=C/Cc1ccc(/C=C/CBr)cc1. The first-order valence-electron chi connectivity index (χ1n) is 6.83. The topological polar surface area (TPSA) is 0 Å². The van der Waals surface area contributed by atoms with Gasteiger partial charge in [-0.25, -0.2) is 0 Å². The molecule has 0 radical (unpaired) electrons. The summed E-state index contributed by atoms with van der Waals surface area (Å²) in [6.07, 6.45) is 15.1. The molecule has 1 aromatic carbocycles. The number of rotatable bonds is 8. The van der Waals surface area contributed by atoms with Crippen LogP contribution in [0.5, 0.6) is 0 Å². The average molecular weight is 307 g/mol. The van der Waals surface area contributed by atoms with Crippen LogP contribution >= 0.6 is 15.9 Å². The summed E-state index contributed by atoms with van der Waals surface area (Å²) >= 11 is 3.39. The minimum Gasteiger partial charge on any atom is -0.0883 e. The smallest absolute Gasteiger partial charge is 0.0215 e. The molecule has 0 aliphatic carbocycles. The predicted octanol–water partition coefficient (Wildman–Crippen LogP) is 5.77. The summed E-state index contributed by atoms with van der Waals surface area (Å²) in [5.41, 5.74) is 2.66. The highest BCUT2D eigenvalue weighted by Crippen LogP contribution is 2.08. The monoisotopic (exact) mass is 306 g/mol. The lowest BCUT2D eigenvalue weighted by Crippen LogP contribution is -1.81. The zero-order valence-electron chi connectivity index (χ0n) is 11.2. The Balaban J connectivity index is 2.32. The van der Waals surface area contributed by atoms with Gasteiger partial charge in [-0.3, -0.25) is 0 Å². The first-order valence-corrected chi connectivity index (χ1v) is 7.95. The molecule has 0 saturated carbocycles. The highest BCUT2D eigenvalue weighted by molar-refractivity contribution is 9.09. The summed E-state index contributed by atoms with van der Waals surface area (Å²) in [6.45, 7) is 2.25. The van der Waals surface area contributed by atoms with Crippen LogP contribution in [0.2, 0.25) is 0 Å². The minimum absolute atomic E-state index is 0.912. The highest BCUT2D eigenvalue weighted by atomic mass is 79.9. The Morgan fingerprint density at radius 2 is 1.78 bits per heavy atom. The quantitative estimate of drug-likeness (QED) is 0.325. The van der Waals surface area contributed by atoms with Gasteiger partial charge >= 0.3 is 0 Å². The Morgan fingerprint density at radius 3 is 2.44 bits per heavy atom. The van der Waals surface area contributed by atoms with Gasteiger partial charge in [0.1, 0.15) is 0 Å². The van der Waals surface area contributed by atoms with Crippen molar-refractivity contribution in [3.05, 3.63) is 53.6 Å². The summed E-state index contributed by atoms with van der Waals surface area (Å²) in [5, 5.41) is 0.912. The first-order chi connectivity index (χ1) is 8.86.